The van der Waals surface area contributed by atoms with Crippen LogP contribution in [0, 0.1) is 17.8 Å². The smallest absolute Gasteiger partial charge is 0.329 e. The molecule has 2 aliphatic carbocycles. The first-order valence-electron chi connectivity index (χ1n) is 7.74. The van der Waals surface area contributed by atoms with Gasteiger partial charge in [0.1, 0.15) is 5.54 Å². The van der Waals surface area contributed by atoms with E-state index < -0.39 is 11.5 Å². The summed E-state index contributed by atoms with van der Waals surface area (Å²) in [6, 6.07) is 0. The van der Waals surface area contributed by atoms with Gasteiger partial charge in [-0.2, -0.15) is 0 Å². The van der Waals surface area contributed by atoms with Crippen molar-refractivity contribution >= 4 is 11.9 Å². The molecule has 0 aromatic heterocycles. The van der Waals surface area contributed by atoms with Gasteiger partial charge in [-0.25, -0.2) is 4.79 Å². The number of aliphatic carboxylic acids is 1. The molecule has 0 bridgehead atoms. The molecule has 0 aliphatic heterocycles. The first kappa shape index (κ1) is 15.3. The van der Waals surface area contributed by atoms with Crippen LogP contribution in [0.1, 0.15) is 51.9 Å². The molecule has 20 heavy (non-hydrogen) atoms. The van der Waals surface area contributed by atoms with Gasteiger partial charge in [0, 0.05) is 5.92 Å². The Hall–Kier alpha value is -1.10. The highest BCUT2D eigenvalue weighted by Gasteiger charge is 2.44. The second-order valence-corrected chi connectivity index (χ2v) is 6.59. The van der Waals surface area contributed by atoms with E-state index in [0.717, 1.165) is 32.1 Å². The molecule has 2 rings (SSSR count). The van der Waals surface area contributed by atoms with E-state index in [-0.39, 0.29) is 17.7 Å². The van der Waals surface area contributed by atoms with Gasteiger partial charge in [-0.15, -0.1) is 0 Å². The number of carboxylic acids is 1. The SMILES string of the molecule is CC1CCC(NC(=O)C2CCCC2CN)(C(=O)O)CC1. The molecule has 1 amide bonds. The third kappa shape index (κ3) is 2.97. The van der Waals surface area contributed by atoms with Crippen LogP contribution in [0.15, 0.2) is 0 Å². The summed E-state index contributed by atoms with van der Waals surface area (Å²) < 4.78 is 0. The summed E-state index contributed by atoms with van der Waals surface area (Å²) in [7, 11) is 0. The van der Waals surface area contributed by atoms with Crippen molar-refractivity contribution < 1.29 is 14.7 Å². The Morgan fingerprint density at radius 1 is 1.25 bits per heavy atom. The maximum atomic E-state index is 12.4. The lowest BCUT2D eigenvalue weighted by Crippen LogP contribution is -2.58. The fraction of sp³-hybridized carbons (Fsp3) is 0.867. The molecule has 2 fully saturated rings. The highest BCUT2D eigenvalue weighted by atomic mass is 16.4. The molecule has 2 atom stereocenters. The number of carbonyl (C=O) groups is 2. The second kappa shape index (κ2) is 6.12. The van der Waals surface area contributed by atoms with Crippen LogP contribution in [0.25, 0.3) is 0 Å². The molecule has 0 saturated heterocycles. The molecule has 2 aliphatic rings. The number of nitrogens with two attached hydrogens (primary N) is 1. The molecule has 0 radical (unpaired) electrons. The largest absolute Gasteiger partial charge is 0.480 e. The van der Waals surface area contributed by atoms with Crippen molar-refractivity contribution in [2.75, 3.05) is 6.54 Å². The van der Waals surface area contributed by atoms with Crippen molar-refractivity contribution in [3.8, 4) is 0 Å². The number of rotatable bonds is 4. The van der Waals surface area contributed by atoms with Gasteiger partial charge in [-0.1, -0.05) is 13.3 Å². The third-order valence-electron chi connectivity index (χ3n) is 5.20. The molecule has 0 spiro atoms. The molecular formula is C15H26N2O3. The van der Waals surface area contributed by atoms with Gasteiger partial charge in [-0.3, -0.25) is 4.79 Å². The molecule has 114 valence electrons. The molecule has 5 nitrogen and oxygen atoms in total. The Kier molecular flexibility index (Phi) is 4.68. The fourth-order valence-electron chi connectivity index (χ4n) is 3.64. The predicted octanol–water partition coefficient (Wildman–Crippen LogP) is 1.51. The van der Waals surface area contributed by atoms with Crippen LogP contribution in [0.5, 0.6) is 0 Å². The molecule has 0 heterocycles. The number of carboxylic acid groups (broad SMARTS) is 1. The number of hydrogen-bond donors (Lipinski definition) is 3. The minimum atomic E-state index is -1.05. The normalized spacial score (nSPS) is 37.6. The highest BCUT2D eigenvalue weighted by Crippen LogP contribution is 2.35. The summed E-state index contributed by atoms with van der Waals surface area (Å²) in [6.45, 7) is 2.64. The van der Waals surface area contributed by atoms with Gasteiger partial charge in [-0.05, 0) is 56.9 Å². The third-order valence-corrected chi connectivity index (χ3v) is 5.20. The molecule has 4 N–H and O–H groups in total. The average Bonchev–Trinajstić information content (AvgIpc) is 2.89. The van der Waals surface area contributed by atoms with E-state index >= 15 is 0 Å². The topological polar surface area (TPSA) is 92.4 Å². The zero-order chi connectivity index (χ0) is 14.8. The van der Waals surface area contributed by atoms with Crippen LogP contribution in [-0.2, 0) is 9.59 Å². The van der Waals surface area contributed by atoms with Crippen molar-refractivity contribution in [3.63, 3.8) is 0 Å². The van der Waals surface area contributed by atoms with E-state index in [2.05, 4.69) is 12.2 Å². The highest BCUT2D eigenvalue weighted by molar-refractivity contribution is 5.88. The second-order valence-electron chi connectivity index (χ2n) is 6.59. The quantitative estimate of drug-likeness (QED) is 0.728. The van der Waals surface area contributed by atoms with Gasteiger partial charge in [0.05, 0.1) is 0 Å². The van der Waals surface area contributed by atoms with E-state index in [1.165, 1.54) is 0 Å². The van der Waals surface area contributed by atoms with E-state index in [9.17, 15) is 14.7 Å². The van der Waals surface area contributed by atoms with Crippen LogP contribution >= 0.6 is 0 Å². The number of carbonyl (C=O) groups excluding carboxylic acids is 1. The zero-order valence-electron chi connectivity index (χ0n) is 12.2. The molecule has 2 saturated carbocycles. The van der Waals surface area contributed by atoms with E-state index in [1.54, 1.807) is 0 Å². The molecule has 5 heteroatoms. The van der Waals surface area contributed by atoms with E-state index in [4.69, 9.17) is 5.73 Å². The van der Waals surface area contributed by atoms with Crippen LogP contribution in [-0.4, -0.2) is 29.1 Å². The van der Waals surface area contributed by atoms with Gasteiger partial charge >= 0.3 is 5.97 Å². The maximum absolute atomic E-state index is 12.4. The van der Waals surface area contributed by atoms with E-state index in [0.29, 0.717) is 25.3 Å². The van der Waals surface area contributed by atoms with Gasteiger partial charge in [0.25, 0.3) is 0 Å². The summed E-state index contributed by atoms with van der Waals surface area (Å²) in [5.41, 5.74) is 4.66. The Bertz CT molecular complexity index is 375. The van der Waals surface area contributed by atoms with Crippen LogP contribution < -0.4 is 11.1 Å². The van der Waals surface area contributed by atoms with Crippen molar-refractivity contribution in [2.45, 2.75) is 57.4 Å². The van der Waals surface area contributed by atoms with Gasteiger partial charge in [0.2, 0.25) is 5.91 Å². The van der Waals surface area contributed by atoms with E-state index in [1.807, 2.05) is 0 Å². The average molecular weight is 282 g/mol. The minimum absolute atomic E-state index is 0.101. The Morgan fingerprint density at radius 2 is 1.90 bits per heavy atom. The standard InChI is InChI=1S/C15H26N2O3/c1-10-5-7-15(8-6-10,14(19)20)17-13(18)12-4-2-3-11(12)9-16/h10-12H,2-9,16H2,1H3,(H,17,18)(H,19,20). The maximum Gasteiger partial charge on any atom is 0.329 e. The minimum Gasteiger partial charge on any atom is -0.480 e. The first-order valence-corrected chi connectivity index (χ1v) is 7.74. The molecule has 2 unspecified atom stereocenters. The lowest BCUT2D eigenvalue weighted by molar-refractivity contribution is -0.150. The summed E-state index contributed by atoms with van der Waals surface area (Å²) in [4.78, 5) is 24.1. The lowest BCUT2D eigenvalue weighted by Gasteiger charge is -2.37. The fourth-order valence-corrected chi connectivity index (χ4v) is 3.64. The predicted molar refractivity (Wildman–Crippen MR) is 76.0 cm³/mol. The van der Waals surface area contributed by atoms with Crippen molar-refractivity contribution in [1.29, 1.82) is 0 Å². The van der Waals surface area contributed by atoms with Crippen LogP contribution in [0.4, 0.5) is 0 Å². The molecule has 0 aromatic rings. The Morgan fingerprint density at radius 3 is 2.45 bits per heavy atom. The van der Waals surface area contributed by atoms with Gasteiger partial charge in [0.15, 0.2) is 0 Å². The van der Waals surface area contributed by atoms with Crippen molar-refractivity contribution in [1.82, 2.24) is 5.32 Å². The summed E-state index contributed by atoms with van der Waals surface area (Å²) in [5.74, 6) is -0.337. The van der Waals surface area contributed by atoms with Crippen molar-refractivity contribution in [3.05, 3.63) is 0 Å². The number of hydrogen-bond acceptors (Lipinski definition) is 3. The van der Waals surface area contributed by atoms with Crippen LogP contribution in [0.2, 0.25) is 0 Å². The molecule has 0 aromatic carbocycles. The zero-order valence-corrected chi connectivity index (χ0v) is 12.2. The molecular weight excluding hydrogens is 256 g/mol. The number of amides is 1. The summed E-state index contributed by atoms with van der Waals surface area (Å²) in [6.07, 6.45) is 5.61. The first-order chi connectivity index (χ1) is 9.48. The summed E-state index contributed by atoms with van der Waals surface area (Å²) in [5, 5.41) is 12.4. The summed E-state index contributed by atoms with van der Waals surface area (Å²) >= 11 is 0. The van der Waals surface area contributed by atoms with Crippen molar-refractivity contribution in [2.24, 2.45) is 23.5 Å². The Balaban J connectivity index is 2.05. The lowest BCUT2D eigenvalue weighted by atomic mass is 9.76. The van der Waals surface area contributed by atoms with Crippen LogP contribution in [0.3, 0.4) is 0 Å². The van der Waals surface area contributed by atoms with Gasteiger partial charge < -0.3 is 16.2 Å². The Labute approximate surface area is 120 Å². The number of nitrogens with one attached hydrogen (secondary N) is 1. The monoisotopic (exact) mass is 282 g/mol.